The molecule has 0 aromatic carbocycles. The first-order valence-corrected chi connectivity index (χ1v) is 33.1. The van der Waals surface area contributed by atoms with Crippen molar-refractivity contribution < 1.29 is 64.6 Å². The lowest BCUT2D eigenvalue weighted by Crippen LogP contribution is -2.65. The fourth-order valence-electron chi connectivity index (χ4n) is 9.75. The Balaban J connectivity index is 1.75. The molecule has 86 heavy (non-hydrogen) atoms. The molecule has 2 aliphatic heterocycles. The summed E-state index contributed by atoms with van der Waals surface area (Å²) in [6, 6.07) is -0.967. The van der Waals surface area contributed by atoms with Crippen molar-refractivity contribution in [2.24, 2.45) is 0 Å². The quantitative estimate of drug-likeness (QED) is 0.0204. The highest BCUT2D eigenvalue weighted by Gasteiger charge is 2.51. The van der Waals surface area contributed by atoms with Gasteiger partial charge in [-0.15, -0.1) is 0 Å². The molecule has 2 fully saturated rings. The van der Waals surface area contributed by atoms with E-state index < -0.39 is 86.8 Å². The Morgan fingerprint density at radius 2 is 0.814 bits per heavy atom. The monoisotopic (exact) mass is 1200 g/mol. The van der Waals surface area contributed by atoms with Gasteiger partial charge in [-0.25, -0.2) is 0 Å². The standard InChI is InChI=1S/C72H117NO13/c1-3-5-7-9-11-13-15-17-19-21-23-24-25-26-27-28-29-30-31-32-33-34-35-36-38-40-42-44-46-48-50-52-54-56-64(77)73-60(61(76)55-53-51-49-47-45-43-41-39-37-22-20-18-16-14-12-10-8-6-4-2)59-83-71-69(82)67(80)70(63(58-75)85-71)86-72-68(81)66(79)65(78)62(57-74)84-72/h5,7,11,13,17,19,23-24,26-27,29-30,32-33,35-36,40,42,45-48,53,55,60-63,65-72,74-76,78-82H,3-4,6,8-10,12,14-16,18,20-22,25,28,31,34,37-39,41,43-44,49-52,54,56-59H2,1-2H3,(H,73,77)/b7-5-,13-11-,19-17-,24-23-,27-26-,30-29-,33-32-,36-35-,42-40-,47-45+,48-46-,55-53+. The van der Waals surface area contributed by atoms with Crippen molar-refractivity contribution >= 4 is 5.91 Å². The van der Waals surface area contributed by atoms with E-state index >= 15 is 0 Å². The van der Waals surface area contributed by atoms with Gasteiger partial charge in [-0.05, 0) is 109 Å². The first-order chi connectivity index (χ1) is 42.1. The Morgan fingerprint density at radius 1 is 0.430 bits per heavy atom. The van der Waals surface area contributed by atoms with Crippen LogP contribution in [0.15, 0.2) is 146 Å². The molecule has 0 spiro atoms. The van der Waals surface area contributed by atoms with Crippen LogP contribution in [-0.4, -0.2) is 140 Å². The Bertz CT molecular complexity index is 2000. The molecule has 0 saturated carbocycles. The van der Waals surface area contributed by atoms with E-state index in [2.05, 4.69) is 153 Å². The zero-order valence-electron chi connectivity index (χ0n) is 52.7. The molecular weight excluding hydrogens is 1090 g/mol. The van der Waals surface area contributed by atoms with Crippen molar-refractivity contribution in [3.05, 3.63) is 146 Å². The minimum absolute atomic E-state index is 0.208. The maximum absolute atomic E-state index is 13.3. The molecule has 14 nitrogen and oxygen atoms in total. The fraction of sp³-hybridized carbons (Fsp3) is 0.653. The molecule has 12 unspecified atom stereocenters. The molecular formula is C72H117NO13. The molecule has 12 atom stereocenters. The summed E-state index contributed by atoms with van der Waals surface area (Å²) in [5.74, 6) is -0.297. The van der Waals surface area contributed by atoms with E-state index in [-0.39, 0.29) is 18.9 Å². The van der Waals surface area contributed by atoms with Gasteiger partial charge in [-0.1, -0.05) is 237 Å². The maximum atomic E-state index is 13.3. The third kappa shape index (κ3) is 39.0. The number of nitrogens with one attached hydrogen (secondary N) is 1. The lowest BCUT2D eigenvalue weighted by atomic mass is 9.97. The van der Waals surface area contributed by atoms with Gasteiger partial charge in [0.25, 0.3) is 0 Å². The molecule has 2 rings (SSSR count). The number of carbonyl (C=O) groups is 1. The molecule has 0 radical (unpaired) electrons. The van der Waals surface area contributed by atoms with Gasteiger partial charge in [0.15, 0.2) is 12.6 Å². The third-order valence-electron chi connectivity index (χ3n) is 15.0. The second-order valence-electron chi connectivity index (χ2n) is 22.5. The Kier molecular flexibility index (Phi) is 49.8. The van der Waals surface area contributed by atoms with E-state index in [4.69, 9.17) is 18.9 Å². The fourth-order valence-corrected chi connectivity index (χ4v) is 9.75. The van der Waals surface area contributed by atoms with Gasteiger partial charge < -0.3 is 65.1 Å². The van der Waals surface area contributed by atoms with Crippen molar-refractivity contribution in [1.82, 2.24) is 5.32 Å². The Hall–Kier alpha value is -4.13. The van der Waals surface area contributed by atoms with Crippen LogP contribution in [0, 0.1) is 0 Å². The van der Waals surface area contributed by atoms with Crippen molar-refractivity contribution in [2.45, 2.75) is 280 Å². The molecule has 9 N–H and O–H groups in total. The summed E-state index contributed by atoms with van der Waals surface area (Å²) in [7, 11) is 0. The number of rotatable bonds is 51. The summed E-state index contributed by atoms with van der Waals surface area (Å²) < 4.78 is 22.8. The highest BCUT2D eigenvalue weighted by atomic mass is 16.7. The normalized spacial score (nSPS) is 24.4. The second-order valence-corrected chi connectivity index (χ2v) is 22.5. The SMILES string of the molecule is CC/C=C\C/C=C\C/C=C\C/C=C\C/C=C\C/C=C\C/C=C\C/C=C\C/C=C\C/C=C\CCCCC(=O)NC(COC1OC(CO)C(OC2OC(CO)C(O)C(O)C2O)C(O)C1O)C(O)/C=C/CC/C=C/CCCCCCCCCCCCCCC. The molecule has 2 saturated heterocycles. The van der Waals surface area contributed by atoms with Crippen LogP contribution < -0.4 is 5.32 Å². The van der Waals surface area contributed by atoms with E-state index in [0.29, 0.717) is 12.8 Å². The van der Waals surface area contributed by atoms with E-state index in [1.54, 1.807) is 6.08 Å². The number of hydrogen-bond acceptors (Lipinski definition) is 13. The molecule has 0 aromatic rings. The summed E-state index contributed by atoms with van der Waals surface area (Å²) in [6.07, 6.45) is 66.0. The number of hydrogen-bond donors (Lipinski definition) is 9. The van der Waals surface area contributed by atoms with Crippen LogP contribution in [-0.2, 0) is 23.7 Å². The van der Waals surface area contributed by atoms with Gasteiger partial charge in [0.1, 0.15) is 48.8 Å². The first-order valence-electron chi connectivity index (χ1n) is 33.1. The number of aliphatic hydroxyl groups excluding tert-OH is 8. The number of unbranched alkanes of at least 4 members (excludes halogenated alkanes) is 16. The highest BCUT2D eigenvalue weighted by Crippen LogP contribution is 2.30. The number of aliphatic hydroxyl groups is 8. The van der Waals surface area contributed by atoms with Crippen molar-refractivity contribution in [2.75, 3.05) is 19.8 Å². The van der Waals surface area contributed by atoms with Crippen molar-refractivity contribution in [1.29, 1.82) is 0 Å². The van der Waals surface area contributed by atoms with E-state index in [1.165, 1.54) is 83.5 Å². The number of carbonyl (C=O) groups excluding carboxylic acids is 1. The maximum Gasteiger partial charge on any atom is 0.220 e. The van der Waals surface area contributed by atoms with Gasteiger partial charge in [0.05, 0.1) is 32.0 Å². The predicted octanol–water partition coefficient (Wildman–Crippen LogP) is 12.9. The topological polar surface area (TPSA) is 228 Å². The van der Waals surface area contributed by atoms with Crippen LogP contribution >= 0.6 is 0 Å². The minimum atomic E-state index is -1.80. The van der Waals surface area contributed by atoms with Crippen LogP contribution in [0.5, 0.6) is 0 Å². The van der Waals surface area contributed by atoms with Crippen LogP contribution in [0.1, 0.15) is 206 Å². The zero-order valence-corrected chi connectivity index (χ0v) is 52.7. The Labute approximate surface area is 519 Å². The van der Waals surface area contributed by atoms with Crippen LogP contribution in [0.2, 0.25) is 0 Å². The molecule has 0 aliphatic carbocycles. The largest absolute Gasteiger partial charge is 0.394 e. The molecule has 488 valence electrons. The predicted molar refractivity (Wildman–Crippen MR) is 350 cm³/mol. The van der Waals surface area contributed by atoms with E-state index in [0.717, 1.165) is 89.9 Å². The smallest absolute Gasteiger partial charge is 0.220 e. The summed E-state index contributed by atoms with van der Waals surface area (Å²) >= 11 is 0. The summed E-state index contributed by atoms with van der Waals surface area (Å²) in [4.78, 5) is 13.3. The Morgan fingerprint density at radius 3 is 1.28 bits per heavy atom. The number of amides is 1. The summed E-state index contributed by atoms with van der Waals surface area (Å²) in [5, 5.41) is 87.2. The average molecular weight is 1200 g/mol. The number of ether oxygens (including phenoxy) is 4. The van der Waals surface area contributed by atoms with Crippen LogP contribution in [0.3, 0.4) is 0 Å². The second kappa shape index (κ2) is 55.0. The molecule has 2 heterocycles. The summed E-state index contributed by atoms with van der Waals surface area (Å²) in [5.41, 5.74) is 0. The zero-order chi connectivity index (χ0) is 62.3. The molecule has 14 heteroatoms. The van der Waals surface area contributed by atoms with Crippen LogP contribution in [0.25, 0.3) is 0 Å². The van der Waals surface area contributed by atoms with Gasteiger partial charge in [0, 0.05) is 6.42 Å². The molecule has 2 aliphatic rings. The molecule has 1 amide bonds. The van der Waals surface area contributed by atoms with Crippen molar-refractivity contribution in [3.63, 3.8) is 0 Å². The van der Waals surface area contributed by atoms with E-state index in [9.17, 15) is 45.6 Å². The van der Waals surface area contributed by atoms with Gasteiger partial charge in [-0.2, -0.15) is 0 Å². The van der Waals surface area contributed by atoms with Crippen LogP contribution in [0.4, 0.5) is 0 Å². The van der Waals surface area contributed by atoms with Crippen molar-refractivity contribution in [3.8, 4) is 0 Å². The van der Waals surface area contributed by atoms with Gasteiger partial charge in [-0.3, -0.25) is 4.79 Å². The lowest BCUT2D eigenvalue weighted by Gasteiger charge is -2.46. The molecule has 0 bridgehead atoms. The van der Waals surface area contributed by atoms with Gasteiger partial charge in [0.2, 0.25) is 5.91 Å². The summed E-state index contributed by atoms with van der Waals surface area (Å²) in [6.45, 7) is 2.63. The highest BCUT2D eigenvalue weighted by molar-refractivity contribution is 5.76. The molecule has 0 aromatic heterocycles. The average Bonchev–Trinajstić information content (AvgIpc) is 2.63. The number of allylic oxidation sites excluding steroid dienone is 23. The first kappa shape index (κ1) is 78.0. The lowest BCUT2D eigenvalue weighted by molar-refractivity contribution is -0.359. The van der Waals surface area contributed by atoms with E-state index in [1.807, 2.05) is 6.08 Å². The van der Waals surface area contributed by atoms with Gasteiger partial charge >= 0.3 is 0 Å². The minimum Gasteiger partial charge on any atom is -0.394 e. The third-order valence-corrected chi connectivity index (χ3v) is 15.0.